The lowest BCUT2D eigenvalue weighted by molar-refractivity contribution is -0.111. The predicted molar refractivity (Wildman–Crippen MR) is 109 cm³/mol. The Kier molecular flexibility index (Phi) is 10.3. The fourth-order valence-corrected chi connectivity index (χ4v) is 4.96. The smallest absolute Gasteiger partial charge is 0.207 e. The average molecular weight is 367 g/mol. The van der Waals surface area contributed by atoms with Crippen LogP contribution >= 0.6 is 0 Å². The van der Waals surface area contributed by atoms with Gasteiger partial charge in [-0.15, -0.1) is 0 Å². The van der Waals surface area contributed by atoms with E-state index < -0.39 is 0 Å². The second-order valence-electron chi connectivity index (χ2n) is 9.43. The summed E-state index contributed by atoms with van der Waals surface area (Å²) in [6.07, 6.45) is 9.20. The molecule has 26 heavy (non-hydrogen) atoms. The summed E-state index contributed by atoms with van der Waals surface area (Å²) in [6.45, 7) is 13.5. The van der Waals surface area contributed by atoms with Crippen LogP contribution in [0.25, 0.3) is 0 Å². The molecule has 4 nitrogen and oxygen atoms in total. The fraction of sp³-hybridized carbons (Fsp3) is 0.909. The quantitative estimate of drug-likeness (QED) is 0.685. The van der Waals surface area contributed by atoms with E-state index in [0.717, 1.165) is 37.5 Å². The summed E-state index contributed by atoms with van der Waals surface area (Å²) >= 11 is 0. The molecule has 0 aromatic rings. The second-order valence-corrected chi connectivity index (χ2v) is 9.43. The van der Waals surface area contributed by atoms with Crippen molar-refractivity contribution >= 4 is 12.8 Å². The molecule has 2 amide bonds. The highest BCUT2D eigenvalue weighted by molar-refractivity contribution is 5.47. The van der Waals surface area contributed by atoms with Crippen molar-refractivity contribution in [1.82, 2.24) is 10.6 Å². The van der Waals surface area contributed by atoms with Gasteiger partial charge in [0.15, 0.2) is 0 Å². The number of carbonyl (C=O) groups excluding carboxylic acids is 2. The number of hydrogen-bond donors (Lipinski definition) is 2. The number of nitrogens with one attached hydrogen (secondary N) is 2. The van der Waals surface area contributed by atoms with Gasteiger partial charge in [0.05, 0.1) is 0 Å². The van der Waals surface area contributed by atoms with E-state index in [1.807, 2.05) is 0 Å². The minimum absolute atomic E-state index is 0.418. The van der Waals surface area contributed by atoms with Gasteiger partial charge in [-0.2, -0.15) is 0 Å². The molecule has 0 unspecified atom stereocenters. The molecule has 2 rings (SSSR count). The first kappa shape index (κ1) is 23.0. The van der Waals surface area contributed by atoms with Crippen LogP contribution in [0.15, 0.2) is 0 Å². The third-order valence-electron chi connectivity index (χ3n) is 6.61. The standard InChI is InChI=1S/2C11H21NO/c2*1-8(2)10-5-4-9(3)6-11(10)12-7-13/h2*7-11H,4-6H2,1-3H3,(H,12,13)/t2*9-,10+,11+/m10/s1. The fourth-order valence-electron chi connectivity index (χ4n) is 4.96. The lowest BCUT2D eigenvalue weighted by Gasteiger charge is -2.36. The maximum atomic E-state index is 10.4. The van der Waals surface area contributed by atoms with Crippen LogP contribution in [-0.2, 0) is 9.59 Å². The highest BCUT2D eigenvalue weighted by Gasteiger charge is 2.30. The molecule has 2 aliphatic carbocycles. The molecule has 0 aliphatic heterocycles. The van der Waals surface area contributed by atoms with E-state index in [9.17, 15) is 9.59 Å². The molecule has 0 saturated heterocycles. The van der Waals surface area contributed by atoms with E-state index in [2.05, 4.69) is 52.2 Å². The van der Waals surface area contributed by atoms with E-state index in [0.29, 0.717) is 35.8 Å². The second kappa shape index (κ2) is 11.6. The number of rotatable bonds is 6. The highest BCUT2D eigenvalue weighted by atomic mass is 16.1. The Morgan fingerprint density at radius 3 is 1.31 bits per heavy atom. The van der Waals surface area contributed by atoms with Gasteiger partial charge < -0.3 is 10.6 Å². The zero-order valence-electron chi connectivity index (χ0n) is 17.8. The molecule has 0 heterocycles. The normalized spacial score (nSPS) is 34.6. The van der Waals surface area contributed by atoms with E-state index >= 15 is 0 Å². The predicted octanol–water partition coefficient (Wildman–Crippen LogP) is 4.39. The summed E-state index contributed by atoms with van der Waals surface area (Å²) < 4.78 is 0. The molecule has 0 bridgehead atoms. The van der Waals surface area contributed by atoms with Gasteiger partial charge in [0.2, 0.25) is 12.8 Å². The minimum Gasteiger partial charge on any atom is -0.356 e. The van der Waals surface area contributed by atoms with Crippen molar-refractivity contribution < 1.29 is 9.59 Å². The first-order valence-electron chi connectivity index (χ1n) is 10.7. The summed E-state index contributed by atoms with van der Waals surface area (Å²) in [5.74, 6) is 4.28. The summed E-state index contributed by atoms with van der Waals surface area (Å²) in [7, 11) is 0. The Balaban J connectivity index is 0.000000260. The van der Waals surface area contributed by atoms with Crippen LogP contribution in [-0.4, -0.2) is 24.9 Å². The first-order chi connectivity index (χ1) is 12.3. The highest BCUT2D eigenvalue weighted by Crippen LogP contribution is 2.34. The van der Waals surface area contributed by atoms with Crippen molar-refractivity contribution in [3.05, 3.63) is 0 Å². The van der Waals surface area contributed by atoms with Gasteiger partial charge in [-0.3, -0.25) is 9.59 Å². The molecule has 4 heteroatoms. The van der Waals surface area contributed by atoms with Crippen LogP contribution in [0.1, 0.15) is 80.1 Å². The third-order valence-corrected chi connectivity index (χ3v) is 6.61. The molecule has 0 aromatic heterocycles. The Labute approximate surface area is 161 Å². The molecular formula is C22H42N2O2. The SMILES string of the molecule is CC(C)[C@@H]1CC[C@@H](C)C[C@@H]1NC=O.CC(C)[C@H]1CC[C@H](C)C[C@H]1NC=O. The molecule has 2 fully saturated rings. The van der Waals surface area contributed by atoms with Gasteiger partial charge in [-0.05, 0) is 61.2 Å². The molecule has 0 aromatic carbocycles. The van der Waals surface area contributed by atoms with Crippen LogP contribution in [0.3, 0.4) is 0 Å². The molecule has 2 aliphatic rings. The Hall–Kier alpha value is -1.06. The lowest BCUT2D eigenvalue weighted by Crippen LogP contribution is -2.42. The van der Waals surface area contributed by atoms with Gasteiger partial charge in [0.25, 0.3) is 0 Å². The summed E-state index contributed by atoms with van der Waals surface area (Å²) in [5, 5.41) is 5.93. The van der Waals surface area contributed by atoms with Crippen molar-refractivity contribution in [3.63, 3.8) is 0 Å². The van der Waals surface area contributed by atoms with E-state index in [1.54, 1.807) is 0 Å². The van der Waals surface area contributed by atoms with Gasteiger partial charge in [0.1, 0.15) is 0 Å². The van der Waals surface area contributed by atoms with Crippen LogP contribution in [0.2, 0.25) is 0 Å². The Morgan fingerprint density at radius 2 is 1.04 bits per heavy atom. The molecule has 152 valence electrons. The maximum Gasteiger partial charge on any atom is 0.207 e. The molecule has 6 atom stereocenters. The summed E-state index contributed by atoms with van der Waals surface area (Å²) in [4.78, 5) is 20.9. The maximum absolute atomic E-state index is 10.4. The molecule has 2 N–H and O–H groups in total. The van der Waals surface area contributed by atoms with E-state index in [-0.39, 0.29) is 0 Å². The largest absolute Gasteiger partial charge is 0.356 e. The molecule has 0 radical (unpaired) electrons. The van der Waals surface area contributed by atoms with Crippen LogP contribution in [0, 0.1) is 35.5 Å². The van der Waals surface area contributed by atoms with Crippen molar-refractivity contribution in [2.45, 2.75) is 92.2 Å². The zero-order chi connectivity index (χ0) is 19.7. The Bertz CT molecular complexity index is 373. The van der Waals surface area contributed by atoms with Crippen molar-refractivity contribution in [1.29, 1.82) is 0 Å². The van der Waals surface area contributed by atoms with Crippen LogP contribution in [0.5, 0.6) is 0 Å². The van der Waals surface area contributed by atoms with Crippen molar-refractivity contribution in [2.75, 3.05) is 0 Å². The monoisotopic (exact) mass is 366 g/mol. The van der Waals surface area contributed by atoms with Gasteiger partial charge >= 0.3 is 0 Å². The number of amides is 2. The third kappa shape index (κ3) is 7.28. The van der Waals surface area contributed by atoms with Crippen LogP contribution < -0.4 is 10.6 Å². The van der Waals surface area contributed by atoms with Crippen molar-refractivity contribution in [2.24, 2.45) is 35.5 Å². The number of carbonyl (C=O) groups is 2. The molecule has 0 spiro atoms. The minimum atomic E-state index is 0.418. The summed E-state index contributed by atoms with van der Waals surface area (Å²) in [5.41, 5.74) is 0. The average Bonchev–Trinajstić information content (AvgIpc) is 2.55. The summed E-state index contributed by atoms with van der Waals surface area (Å²) in [6, 6.07) is 0.836. The van der Waals surface area contributed by atoms with Crippen LogP contribution in [0.4, 0.5) is 0 Å². The van der Waals surface area contributed by atoms with E-state index in [4.69, 9.17) is 0 Å². The number of hydrogen-bond acceptors (Lipinski definition) is 2. The van der Waals surface area contributed by atoms with Gasteiger partial charge in [0, 0.05) is 12.1 Å². The zero-order valence-corrected chi connectivity index (χ0v) is 17.8. The van der Waals surface area contributed by atoms with E-state index in [1.165, 1.54) is 25.7 Å². The molecule has 2 saturated carbocycles. The van der Waals surface area contributed by atoms with Crippen molar-refractivity contribution in [3.8, 4) is 0 Å². The Morgan fingerprint density at radius 1 is 0.692 bits per heavy atom. The topological polar surface area (TPSA) is 58.2 Å². The lowest BCUT2D eigenvalue weighted by atomic mass is 9.74. The molecular weight excluding hydrogens is 324 g/mol. The first-order valence-corrected chi connectivity index (χ1v) is 10.7. The van der Waals surface area contributed by atoms with Gasteiger partial charge in [-0.25, -0.2) is 0 Å². The van der Waals surface area contributed by atoms with Gasteiger partial charge in [-0.1, -0.05) is 54.4 Å².